The normalized spacial score (nSPS) is 10.3. The lowest BCUT2D eigenvalue weighted by atomic mass is 10.2. The summed E-state index contributed by atoms with van der Waals surface area (Å²) in [5, 5.41) is 6.46. The first-order valence-electron chi connectivity index (χ1n) is 4.93. The number of nitrogens with two attached hydrogens (primary N) is 1. The molecule has 0 aliphatic heterocycles. The van der Waals surface area contributed by atoms with Gasteiger partial charge in [-0.1, -0.05) is 0 Å². The Hall–Kier alpha value is -0.820. The van der Waals surface area contributed by atoms with E-state index in [1.807, 2.05) is 29.8 Å². The van der Waals surface area contributed by atoms with E-state index in [-0.39, 0.29) is 0 Å². The number of nitrogens with zero attached hydrogens (tertiary/aromatic N) is 1. The van der Waals surface area contributed by atoms with E-state index in [1.54, 1.807) is 11.3 Å². The second kappa shape index (κ2) is 5.49. The van der Waals surface area contributed by atoms with Gasteiger partial charge in [-0.3, -0.25) is 0 Å². The minimum Gasteiger partial charge on any atom is -0.397 e. The fourth-order valence-electron chi connectivity index (χ4n) is 1.38. The molecule has 0 bridgehead atoms. The molecule has 1 aromatic carbocycles. The molecule has 0 unspecified atom stereocenters. The number of thiazole rings is 1. The van der Waals surface area contributed by atoms with Crippen LogP contribution in [0.4, 0.5) is 11.4 Å². The average Bonchev–Trinajstić information content (AvgIpc) is 2.74. The number of anilines is 2. The topological polar surface area (TPSA) is 50.9 Å². The largest absolute Gasteiger partial charge is 0.397 e. The lowest BCUT2D eigenvalue weighted by Crippen LogP contribution is -2.06. The smallest absolute Gasteiger partial charge is 0.0942 e. The predicted molar refractivity (Wildman–Crippen MR) is 77.9 cm³/mol. The highest BCUT2D eigenvalue weighted by atomic mass is 127. The molecule has 1 heterocycles. The van der Waals surface area contributed by atoms with Crippen LogP contribution in [0.3, 0.4) is 0 Å². The zero-order valence-electron chi connectivity index (χ0n) is 8.61. The van der Waals surface area contributed by atoms with E-state index >= 15 is 0 Å². The zero-order valence-corrected chi connectivity index (χ0v) is 11.6. The van der Waals surface area contributed by atoms with Gasteiger partial charge in [0, 0.05) is 28.1 Å². The summed E-state index contributed by atoms with van der Waals surface area (Å²) >= 11 is 3.93. The average molecular weight is 345 g/mol. The van der Waals surface area contributed by atoms with Crippen molar-refractivity contribution >= 4 is 45.3 Å². The van der Waals surface area contributed by atoms with E-state index in [1.165, 1.54) is 0 Å². The molecule has 0 amide bonds. The van der Waals surface area contributed by atoms with E-state index < -0.39 is 0 Å². The zero-order chi connectivity index (χ0) is 11.4. The van der Waals surface area contributed by atoms with E-state index in [4.69, 9.17) is 5.73 Å². The molecule has 2 rings (SSSR count). The number of benzene rings is 1. The van der Waals surface area contributed by atoms with Crippen LogP contribution in [0.5, 0.6) is 0 Å². The van der Waals surface area contributed by atoms with Crippen molar-refractivity contribution in [1.29, 1.82) is 0 Å². The maximum atomic E-state index is 5.90. The van der Waals surface area contributed by atoms with Gasteiger partial charge in [-0.05, 0) is 40.8 Å². The molecule has 0 aliphatic carbocycles. The van der Waals surface area contributed by atoms with Crippen molar-refractivity contribution in [2.75, 3.05) is 17.6 Å². The molecule has 5 heteroatoms. The number of nitrogen functional groups attached to an aromatic ring is 1. The van der Waals surface area contributed by atoms with Crippen molar-refractivity contribution in [2.24, 2.45) is 0 Å². The van der Waals surface area contributed by atoms with Gasteiger partial charge in [-0.25, -0.2) is 4.98 Å². The van der Waals surface area contributed by atoms with Crippen molar-refractivity contribution in [3.05, 3.63) is 38.4 Å². The third kappa shape index (κ3) is 3.08. The summed E-state index contributed by atoms with van der Waals surface area (Å²) in [6.07, 6.45) is 2.77. The summed E-state index contributed by atoms with van der Waals surface area (Å²) in [5.41, 5.74) is 7.69. The maximum Gasteiger partial charge on any atom is 0.0942 e. The fourth-order valence-corrected chi connectivity index (χ4v) is 2.51. The van der Waals surface area contributed by atoms with Crippen molar-refractivity contribution in [2.45, 2.75) is 6.42 Å². The minimum absolute atomic E-state index is 0.797. The molecule has 3 nitrogen and oxygen atoms in total. The second-order valence-corrected chi connectivity index (χ2v) is 5.56. The van der Waals surface area contributed by atoms with Gasteiger partial charge in [-0.15, -0.1) is 11.3 Å². The fraction of sp³-hybridized carbons (Fsp3) is 0.182. The number of halogens is 1. The Bertz CT molecular complexity index is 456. The molecule has 2 aromatic rings. The summed E-state index contributed by atoms with van der Waals surface area (Å²) in [4.78, 5) is 4.23. The molecule has 0 saturated carbocycles. The highest BCUT2D eigenvalue weighted by molar-refractivity contribution is 14.1. The molecule has 0 saturated heterocycles. The maximum absolute atomic E-state index is 5.90. The Kier molecular flexibility index (Phi) is 4.00. The lowest BCUT2D eigenvalue weighted by molar-refractivity contribution is 0.999. The standard InChI is InChI=1S/C11H12IN3S/c12-8-1-2-10(9(13)7-8)14-4-3-11-15-5-6-16-11/h1-2,5-7,14H,3-4,13H2. The van der Waals surface area contributed by atoms with E-state index in [9.17, 15) is 0 Å². The second-order valence-electron chi connectivity index (χ2n) is 3.33. The predicted octanol–water partition coefficient (Wildman–Crippen LogP) is 2.98. The van der Waals surface area contributed by atoms with Gasteiger partial charge >= 0.3 is 0 Å². The molecule has 0 spiro atoms. The number of rotatable bonds is 4. The summed E-state index contributed by atoms with van der Waals surface area (Å²) < 4.78 is 1.15. The number of hydrogen-bond acceptors (Lipinski definition) is 4. The Labute approximate surface area is 112 Å². The Morgan fingerprint density at radius 2 is 2.31 bits per heavy atom. The highest BCUT2D eigenvalue weighted by Crippen LogP contribution is 2.20. The third-order valence-electron chi connectivity index (χ3n) is 2.15. The van der Waals surface area contributed by atoms with Gasteiger partial charge in [0.05, 0.1) is 16.4 Å². The van der Waals surface area contributed by atoms with Crippen molar-refractivity contribution < 1.29 is 0 Å². The van der Waals surface area contributed by atoms with E-state index in [0.717, 1.165) is 32.9 Å². The van der Waals surface area contributed by atoms with Crippen molar-refractivity contribution in [1.82, 2.24) is 4.98 Å². The van der Waals surface area contributed by atoms with Crippen LogP contribution >= 0.6 is 33.9 Å². The summed E-state index contributed by atoms with van der Waals surface area (Å²) in [7, 11) is 0. The molecule has 16 heavy (non-hydrogen) atoms. The first-order chi connectivity index (χ1) is 7.75. The molecule has 0 fully saturated rings. The molecule has 0 aliphatic rings. The molecule has 0 atom stereocenters. The summed E-state index contributed by atoms with van der Waals surface area (Å²) in [6, 6.07) is 6.02. The summed E-state index contributed by atoms with van der Waals surface area (Å²) in [6.45, 7) is 0.859. The number of aromatic nitrogens is 1. The first-order valence-corrected chi connectivity index (χ1v) is 6.89. The number of hydrogen-bond donors (Lipinski definition) is 2. The van der Waals surface area contributed by atoms with Crippen LogP contribution in [0.25, 0.3) is 0 Å². The third-order valence-corrected chi connectivity index (χ3v) is 3.66. The van der Waals surface area contributed by atoms with Gasteiger partial charge < -0.3 is 11.1 Å². The summed E-state index contributed by atoms with van der Waals surface area (Å²) in [5.74, 6) is 0. The SMILES string of the molecule is Nc1cc(I)ccc1NCCc1nccs1. The van der Waals surface area contributed by atoms with Crippen molar-refractivity contribution in [3.63, 3.8) is 0 Å². The van der Waals surface area contributed by atoms with Crippen LogP contribution in [-0.4, -0.2) is 11.5 Å². The van der Waals surface area contributed by atoms with Gasteiger partial charge in [0.25, 0.3) is 0 Å². The molecule has 3 N–H and O–H groups in total. The molecule has 0 radical (unpaired) electrons. The van der Waals surface area contributed by atoms with Crippen LogP contribution in [0.15, 0.2) is 29.8 Å². The Morgan fingerprint density at radius 3 is 3.00 bits per heavy atom. The van der Waals surface area contributed by atoms with Crippen molar-refractivity contribution in [3.8, 4) is 0 Å². The highest BCUT2D eigenvalue weighted by Gasteiger charge is 2.00. The molecule has 1 aromatic heterocycles. The van der Waals surface area contributed by atoms with Crippen LogP contribution in [0.2, 0.25) is 0 Å². The first kappa shape index (κ1) is 11.7. The monoisotopic (exact) mass is 345 g/mol. The minimum atomic E-state index is 0.797. The quantitative estimate of drug-likeness (QED) is 0.662. The Balaban J connectivity index is 1.90. The van der Waals surface area contributed by atoms with E-state index in [0.29, 0.717) is 0 Å². The molecular formula is C11H12IN3S. The van der Waals surface area contributed by atoms with Gasteiger partial charge in [0.15, 0.2) is 0 Å². The van der Waals surface area contributed by atoms with Crippen LogP contribution in [0, 0.1) is 3.57 Å². The number of nitrogens with one attached hydrogen (secondary N) is 1. The Morgan fingerprint density at radius 1 is 1.44 bits per heavy atom. The van der Waals surface area contributed by atoms with Gasteiger partial charge in [0.1, 0.15) is 0 Å². The molecule has 84 valence electrons. The van der Waals surface area contributed by atoms with Gasteiger partial charge in [0.2, 0.25) is 0 Å². The molecular weight excluding hydrogens is 333 g/mol. The van der Waals surface area contributed by atoms with Gasteiger partial charge in [-0.2, -0.15) is 0 Å². The van der Waals surface area contributed by atoms with Crippen LogP contribution < -0.4 is 11.1 Å². The van der Waals surface area contributed by atoms with E-state index in [2.05, 4.69) is 32.9 Å². The lowest BCUT2D eigenvalue weighted by Gasteiger charge is -2.08. The van der Waals surface area contributed by atoms with Crippen LogP contribution in [-0.2, 0) is 6.42 Å². The van der Waals surface area contributed by atoms with Crippen LogP contribution in [0.1, 0.15) is 5.01 Å².